The van der Waals surface area contributed by atoms with E-state index < -0.39 is 11.8 Å². The first-order valence-electron chi connectivity index (χ1n) is 8.80. The van der Waals surface area contributed by atoms with Crippen molar-refractivity contribution in [3.8, 4) is 5.69 Å². The first-order chi connectivity index (χ1) is 14.3. The molecule has 2 aromatic carbocycles. The van der Waals surface area contributed by atoms with Crippen LogP contribution in [0.1, 0.15) is 17.0 Å². The third-order valence-corrected chi connectivity index (χ3v) is 5.40. The molecule has 0 aliphatic rings. The zero-order chi connectivity index (χ0) is 21.8. The topological polar surface area (TPSA) is 75.5 Å². The largest absolute Gasteiger partial charge is 0.329 e. The Morgan fingerprint density at radius 3 is 2.37 bits per heavy atom. The van der Waals surface area contributed by atoms with Crippen LogP contribution in [0.25, 0.3) is 5.69 Å². The molecule has 0 aliphatic carbocycles. The normalized spacial score (nSPS) is 11.0. The Balaban J connectivity index is 1.71. The van der Waals surface area contributed by atoms with Crippen molar-refractivity contribution in [1.82, 2.24) is 9.99 Å². The Labute approximate surface area is 192 Å². The minimum absolute atomic E-state index is 0.491. The number of hydrogen-bond donors (Lipinski definition) is 2. The molecule has 2 N–H and O–H groups in total. The predicted octanol–water partition coefficient (Wildman–Crippen LogP) is 5.25. The second-order valence-electron chi connectivity index (χ2n) is 6.42. The van der Waals surface area contributed by atoms with E-state index in [1.807, 2.05) is 36.6 Å². The maximum Gasteiger partial charge on any atom is 0.329 e. The second-order valence-corrected chi connectivity index (χ2v) is 8.15. The molecule has 0 saturated carbocycles. The van der Waals surface area contributed by atoms with Crippen molar-refractivity contribution < 1.29 is 9.59 Å². The zero-order valence-corrected chi connectivity index (χ0v) is 19.1. The van der Waals surface area contributed by atoms with Gasteiger partial charge in [-0.2, -0.15) is 5.10 Å². The minimum Gasteiger partial charge on any atom is -0.318 e. The van der Waals surface area contributed by atoms with Gasteiger partial charge in [0, 0.05) is 37.2 Å². The van der Waals surface area contributed by atoms with Crippen LogP contribution in [0.3, 0.4) is 0 Å². The number of anilines is 1. The molecule has 9 heteroatoms. The van der Waals surface area contributed by atoms with Crippen molar-refractivity contribution >= 4 is 62.8 Å². The Hall–Kier alpha value is -2.61. The number of carbonyl (C=O) groups is 2. The Kier molecular flexibility index (Phi) is 6.97. The number of hydrazone groups is 1. The van der Waals surface area contributed by atoms with Crippen LogP contribution in [-0.2, 0) is 9.59 Å². The Bertz CT molecular complexity index is 1140. The third kappa shape index (κ3) is 5.11. The highest BCUT2D eigenvalue weighted by atomic mass is 79.9. The Morgan fingerprint density at radius 2 is 1.70 bits per heavy atom. The number of benzene rings is 2. The molecular formula is C21H17BrCl2N4O2. The highest BCUT2D eigenvalue weighted by molar-refractivity contribution is 9.10. The van der Waals surface area contributed by atoms with E-state index in [1.54, 1.807) is 30.3 Å². The van der Waals surface area contributed by atoms with Gasteiger partial charge in [0.05, 0.1) is 11.9 Å². The highest BCUT2D eigenvalue weighted by Gasteiger charge is 2.15. The number of amides is 2. The van der Waals surface area contributed by atoms with Gasteiger partial charge in [0.1, 0.15) is 0 Å². The van der Waals surface area contributed by atoms with Gasteiger partial charge in [-0.15, -0.1) is 0 Å². The van der Waals surface area contributed by atoms with E-state index in [4.69, 9.17) is 23.2 Å². The average molecular weight is 508 g/mol. The van der Waals surface area contributed by atoms with E-state index in [-0.39, 0.29) is 0 Å². The van der Waals surface area contributed by atoms with Gasteiger partial charge in [-0.1, -0.05) is 35.3 Å². The first-order valence-corrected chi connectivity index (χ1v) is 10.4. The molecule has 0 saturated heterocycles. The van der Waals surface area contributed by atoms with Crippen molar-refractivity contribution in [1.29, 1.82) is 0 Å². The van der Waals surface area contributed by atoms with Crippen LogP contribution in [-0.4, -0.2) is 22.6 Å². The van der Waals surface area contributed by atoms with Crippen LogP contribution in [0.2, 0.25) is 10.0 Å². The standard InChI is InChI=1S/C21H17BrCl2N4O2/c1-12-7-14(13(2)28(12)17-9-15(23)8-16(24)10-17)11-25-27-21(30)20(29)26-19-6-4-3-5-18(19)22/h3-11H,1-2H3,(H,26,29)(H,27,30)/b25-11-. The summed E-state index contributed by atoms with van der Waals surface area (Å²) in [6.07, 6.45) is 1.48. The molecular weight excluding hydrogens is 491 g/mol. The van der Waals surface area contributed by atoms with Crippen LogP contribution in [0.5, 0.6) is 0 Å². The van der Waals surface area contributed by atoms with Crippen LogP contribution >= 0.6 is 39.1 Å². The predicted molar refractivity (Wildman–Crippen MR) is 124 cm³/mol. The third-order valence-electron chi connectivity index (χ3n) is 4.27. The summed E-state index contributed by atoms with van der Waals surface area (Å²) in [5.41, 5.74) is 6.13. The van der Waals surface area contributed by atoms with Crippen LogP contribution in [0, 0.1) is 13.8 Å². The number of nitrogens with zero attached hydrogens (tertiary/aromatic N) is 2. The van der Waals surface area contributed by atoms with E-state index in [9.17, 15) is 9.59 Å². The van der Waals surface area contributed by atoms with Crippen molar-refractivity contribution in [3.63, 3.8) is 0 Å². The van der Waals surface area contributed by atoms with Gasteiger partial charge in [-0.25, -0.2) is 5.43 Å². The van der Waals surface area contributed by atoms with Crippen molar-refractivity contribution in [2.75, 3.05) is 5.32 Å². The fourth-order valence-electron chi connectivity index (χ4n) is 2.94. The number of carbonyl (C=O) groups excluding carboxylic acids is 2. The number of para-hydroxylation sites is 1. The molecule has 1 heterocycles. The number of aromatic nitrogens is 1. The van der Waals surface area contributed by atoms with E-state index >= 15 is 0 Å². The molecule has 0 fully saturated rings. The fraction of sp³-hybridized carbons (Fsp3) is 0.0952. The number of halogens is 3. The van der Waals surface area contributed by atoms with Gasteiger partial charge in [0.25, 0.3) is 0 Å². The van der Waals surface area contributed by atoms with Gasteiger partial charge in [-0.05, 0) is 66.2 Å². The fourth-order valence-corrected chi connectivity index (χ4v) is 3.84. The molecule has 0 spiro atoms. The quantitative estimate of drug-likeness (QED) is 0.287. The molecule has 2 amide bonds. The van der Waals surface area contributed by atoms with Gasteiger partial charge in [0.2, 0.25) is 0 Å². The maximum absolute atomic E-state index is 12.0. The van der Waals surface area contributed by atoms with E-state index in [0.717, 1.165) is 22.6 Å². The summed E-state index contributed by atoms with van der Waals surface area (Å²) in [7, 11) is 0. The molecule has 30 heavy (non-hydrogen) atoms. The highest BCUT2D eigenvalue weighted by Crippen LogP contribution is 2.26. The molecule has 1 aromatic heterocycles. The molecule has 0 bridgehead atoms. The van der Waals surface area contributed by atoms with Crippen LogP contribution in [0.15, 0.2) is 58.1 Å². The summed E-state index contributed by atoms with van der Waals surface area (Å²) in [4.78, 5) is 24.0. The number of aryl methyl sites for hydroxylation is 1. The van der Waals surface area contributed by atoms with Gasteiger partial charge in [-0.3, -0.25) is 9.59 Å². The van der Waals surface area contributed by atoms with E-state index in [0.29, 0.717) is 20.2 Å². The van der Waals surface area contributed by atoms with Crippen molar-refractivity contribution in [2.45, 2.75) is 13.8 Å². The van der Waals surface area contributed by atoms with Crippen molar-refractivity contribution in [2.24, 2.45) is 5.10 Å². The Morgan fingerprint density at radius 1 is 1.03 bits per heavy atom. The minimum atomic E-state index is -0.877. The lowest BCUT2D eigenvalue weighted by molar-refractivity contribution is -0.136. The lowest BCUT2D eigenvalue weighted by Gasteiger charge is -2.10. The van der Waals surface area contributed by atoms with Gasteiger partial charge in [0.15, 0.2) is 0 Å². The monoisotopic (exact) mass is 506 g/mol. The molecule has 3 rings (SSSR count). The van der Waals surface area contributed by atoms with Crippen molar-refractivity contribution in [3.05, 3.63) is 80.0 Å². The lowest BCUT2D eigenvalue weighted by Crippen LogP contribution is -2.32. The van der Waals surface area contributed by atoms with Crippen LogP contribution < -0.4 is 10.7 Å². The second kappa shape index (κ2) is 9.47. The smallest absolute Gasteiger partial charge is 0.318 e. The summed E-state index contributed by atoms with van der Waals surface area (Å²) in [5, 5.41) is 7.48. The summed E-state index contributed by atoms with van der Waals surface area (Å²) < 4.78 is 2.64. The van der Waals surface area contributed by atoms with Gasteiger partial charge >= 0.3 is 11.8 Å². The van der Waals surface area contributed by atoms with Gasteiger partial charge < -0.3 is 9.88 Å². The average Bonchev–Trinajstić information content (AvgIpc) is 2.96. The maximum atomic E-state index is 12.0. The molecule has 0 aliphatic heterocycles. The number of hydrogen-bond acceptors (Lipinski definition) is 3. The first kappa shape index (κ1) is 22.1. The zero-order valence-electron chi connectivity index (χ0n) is 16.0. The summed E-state index contributed by atoms with van der Waals surface area (Å²) in [5.74, 6) is -1.70. The summed E-state index contributed by atoms with van der Waals surface area (Å²) in [6, 6.07) is 14.2. The van der Waals surface area contributed by atoms with Crippen LogP contribution in [0.4, 0.5) is 5.69 Å². The number of nitrogens with one attached hydrogen (secondary N) is 2. The molecule has 0 atom stereocenters. The van der Waals surface area contributed by atoms with E-state index in [1.165, 1.54) is 6.21 Å². The summed E-state index contributed by atoms with van der Waals surface area (Å²) >= 11 is 15.5. The van der Waals surface area contributed by atoms with E-state index in [2.05, 4.69) is 31.8 Å². The molecule has 0 unspecified atom stereocenters. The lowest BCUT2D eigenvalue weighted by atomic mass is 10.2. The number of rotatable bonds is 4. The molecule has 6 nitrogen and oxygen atoms in total. The molecule has 154 valence electrons. The molecule has 3 aromatic rings. The SMILES string of the molecule is Cc1cc(/C=N\NC(=O)C(=O)Nc2ccccc2Br)c(C)n1-c1cc(Cl)cc(Cl)c1. The molecule has 0 radical (unpaired) electrons. The summed E-state index contributed by atoms with van der Waals surface area (Å²) in [6.45, 7) is 3.84.